The van der Waals surface area contributed by atoms with E-state index < -0.39 is 6.04 Å². The third-order valence-corrected chi connectivity index (χ3v) is 11.6. The van der Waals surface area contributed by atoms with Gasteiger partial charge in [-0.15, -0.1) is 11.8 Å². The van der Waals surface area contributed by atoms with Crippen LogP contribution >= 0.6 is 11.8 Å². The summed E-state index contributed by atoms with van der Waals surface area (Å²) in [5, 5.41) is 2.37. The summed E-state index contributed by atoms with van der Waals surface area (Å²) in [5.41, 5.74) is 2.92. The second-order valence-electron chi connectivity index (χ2n) is 14.5. The van der Waals surface area contributed by atoms with Crippen molar-refractivity contribution >= 4 is 35.3 Å². The number of carbonyl (C=O) groups excluding carboxylic acids is 4. The summed E-state index contributed by atoms with van der Waals surface area (Å²) >= 11 is 1.78. The zero-order valence-electron chi connectivity index (χ0n) is 24.2. The topological polar surface area (TPSA) is 83.6 Å². The molecule has 3 unspecified atom stereocenters. The number of benzene rings is 1. The molecule has 0 radical (unpaired) electrons. The molecular formula is C33H44N2O4S. The molecule has 4 aliphatic carbocycles. The van der Waals surface area contributed by atoms with Crippen molar-refractivity contribution in [3.05, 3.63) is 29.3 Å². The molecule has 7 heteroatoms. The van der Waals surface area contributed by atoms with Gasteiger partial charge in [-0.1, -0.05) is 32.8 Å². The average molecular weight is 565 g/mol. The van der Waals surface area contributed by atoms with Crippen LogP contribution in [0.15, 0.2) is 23.1 Å². The number of imide groups is 1. The second-order valence-corrected chi connectivity index (χ2v) is 15.7. The highest BCUT2D eigenvalue weighted by atomic mass is 32.2. The summed E-state index contributed by atoms with van der Waals surface area (Å²) in [6.07, 6.45) is 14.5. The zero-order chi connectivity index (χ0) is 28.1. The van der Waals surface area contributed by atoms with Crippen molar-refractivity contribution in [3.63, 3.8) is 0 Å². The van der Waals surface area contributed by atoms with E-state index in [9.17, 15) is 19.2 Å². The molecule has 4 saturated carbocycles. The molecule has 2 aliphatic heterocycles. The third kappa shape index (κ3) is 5.52. The molecule has 6 aliphatic rings. The van der Waals surface area contributed by atoms with E-state index in [4.69, 9.17) is 0 Å². The first kappa shape index (κ1) is 28.0. The number of amides is 3. The van der Waals surface area contributed by atoms with Crippen LogP contribution in [0.4, 0.5) is 0 Å². The number of nitrogens with zero attached hydrogens (tertiary/aromatic N) is 1. The van der Waals surface area contributed by atoms with E-state index in [0.29, 0.717) is 40.6 Å². The van der Waals surface area contributed by atoms with Gasteiger partial charge in [0.2, 0.25) is 11.8 Å². The molecule has 3 amide bonds. The van der Waals surface area contributed by atoms with Gasteiger partial charge >= 0.3 is 0 Å². The van der Waals surface area contributed by atoms with Crippen LogP contribution < -0.4 is 5.32 Å². The van der Waals surface area contributed by atoms with Crippen molar-refractivity contribution in [3.8, 4) is 0 Å². The molecule has 2 heterocycles. The van der Waals surface area contributed by atoms with E-state index >= 15 is 0 Å². The Kier molecular flexibility index (Phi) is 7.42. The molecule has 216 valence electrons. The quantitative estimate of drug-likeness (QED) is 0.190. The molecule has 0 spiro atoms. The van der Waals surface area contributed by atoms with Crippen LogP contribution in [0.2, 0.25) is 0 Å². The lowest BCUT2D eigenvalue weighted by molar-refractivity contribution is -0.155. The molecule has 1 aromatic carbocycles. The van der Waals surface area contributed by atoms with Crippen LogP contribution in [0.3, 0.4) is 0 Å². The minimum absolute atomic E-state index is 0.117. The minimum Gasteiger partial charge on any atom is -0.322 e. The minimum atomic E-state index is -0.577. The van der Waals surface area contributed by atoms with E-state index in [0.717, 1.165) is 60.7 Å². The number of rotatable bonds is 11. The molecule has 3 atom stereocenters. The number of hydrogen-bond acceptors (Lipinski definition) is 5. The maximum atomic E-state index is 13.0. The standard InChI is InChI=1S/C33H44N2O4S/c1-31-14-22-15-32(2,19-31)21-33(16-22,20-31)17-23(36)8-5-3-4-6-13-40-27-10-7-9-24-25(27)18-35(30(24)39)26-11-12-28(37)34-29(26)38/h7,9-10,22,26H,3-6,8,11-21H2,1-2H3,(H,34,37,38). The van der Waals surface area contributed by atoms with E-state index in [-0.39, 0.29) is 24.1 Å². The summed E-state index contributed by atoms with van der Waals surface area (Å²) in [5.74, 6) is 1.56. The van der Waals surface area contributed by atoms with Gasteiger partial charge in [0.1, 0.15) is 11.8 Å². The third-order valence-electron chi connectivity index (χ3n) is 10.5. The highest BCUT2D eigenvalue weighted by molar-refractivity contribution is 7.99. The molecule has 5 fully saturated rings. The van der Waals surface area contributed by atoms with E-state index in [1.165, 1.54) is 38.5 Å². The Labute approximate surface area is 242 Å². The summed E-state index contributed by atoms with van der Waals surface area (Å²) < 4.78 is 0. The number of piperidine rings is 1. The molecule has 4 bridgehead atoms. The van der Waals surface area contributed by atoms with Crippen molar-refractivity contribution in [2.24, 2.45) is 22.2 Å². The van der Waals surface area contributed by atoms with Crippen LogP contribution in [0.25, 0.3) is 0 Å². The van der Waals surface area contributed by atoms with Gasteiger partial charge in [-0.25, -0.2) is 0 Å². The van der Waals surface area contributed by atoms with Crippen molar-refractivity contribution in [1.29, 1.82) is 0 Å². The van der Waals surface area contributed by atoms with E-state index in [1.807, 2.05) is 12.1 Å². The Morgan fingerprint density at radius 1 is 1.00 bits per heavy atom. The summed E-state index contributed by atoms with van der Waals surface area (Å²) in [6.45, 7) is 5.40. The predicted molar refractivity (Wildman–Crippen MR) is 156 cm³/mol. The van der Waals surface area contributed by atoms with Crippen LogP contribution in [-0.4, -0.2) is 40.2 Å². The Hall–Kier alpha value is -2.15. The monoisotopic (exact) mass is 564 g/mol. The number of fused-ring (bicyclic) bond motifs is 1. The summed E-state index contributed by atoms with van der Waals surface area (Å²) in [7, 11) is 0. The Balaban J connectivity index is 0.924. The predicted octanol–water partition coefficient (Wildman–Crippen LogP) is 6.45. The molecule has 0 aromatic heterocycles. The largest absolute Gasteiger partial charge is 0.322 e. The molecule has 40 heavy (non-hydrogen) atoms. The fourth-order valence-corrected chi connectivity index (χ4v) is 11.1. The van der Waals surface area contributed by atoms with Crippen LogP contribution in [-0.2, 0) is 20.9 Å². The Morgan fingerprint density at radius 2 is 1.75 bits per heavy atom. The first-order chi connectivity index (χ1) is 19.1. The molecule has 6 nitrogen and oxygen atoms in total. The van der Waals surface area contributed by atoms with Crippen molar-refractivity contribution in [2.45, 2.75) is 121 Å². The van der Waals surface area contributed by atoms with Crippen molar-refractivity contribution in [2.75, 3.05) is 5.75 Å². The lowest BCUT2D eigenvalue weighted by atomic mass is 9.39. The molecule has 1 saturated heterocycles. The smallest absolute Gasteiger partial charge is 0.255 e. The number of hydrogen-bond donors (Lipinski definition) is 1. The zero-order valence-corrected chi connectivity index (χ0v) is 25.0. The van der Waals surface area contributed by atoms with Crippen LogP contribution in [0.5, 0.6) is 0 Å². The van der Waals surface area contributed by atoms with Gasteiger partial charge in [0.25, 0.3) is 5.91 Å². The highest BCUT2D eigenvalue weighted by Gasteiger charge is 2.60. The van der Waals surface area contributed by atoms with Gasteiger partial charge in [0, 0.05) is 36.3 Å². The van der Waals surface area contributed by atoms with Gasteiger partial charge in [0.05, 0.1) is 0 Å². The first-order valence-electron chi connectivity index (χ1n) is 15.5. The molecule has 1 N–H and O–H groups in total. The van der Waals surface area contributed by atoms with E-state index in [1.54, 1.807) is 16.7 Å². The maximum absolute atomic E-state index is 13.0. The van der Waals surface area contributed by atoms with Gasteiger partial charge < -0.3 is 4.90 Å². The van der Waals surface area contributed by atoms with Gasteiger partial charge in [-0.05, 0) is 103 Å². The number of unbranched alkanes of at least 4 members (excludes halogenated alkanes) is 3. The van der Waals surface area contributed by atoms with E-state index in [2.05, 4.69) is 25.2 Å². The van der Waals surface area contributed by atoms with Crippen molar-refractivity contribution < 1.29 is 19.2 Å². The SMILES string of the molecule is CC12CC3CC(C)(C1)CC(CC(=O)CCCCCCSc1cccc4c1CN(C1CCC(=O)NC1=O)C4=O)(C3)C2. The maximum Gasteiger partial charge on any atom is 0.255 e. The summed E-state index contributed by atoms with van der Waals surface area (Å²) in [6, 6.07) is 5.25. The number of carbonyl (C=O) groups is 4. The van der Waals surface area contributed by atoms with Crippen LogP contribution in [0.1, 0.15) is 120 Å². The Bertz CT molecular complexity index is 1210. The number of nitrogens with one attached hydrogen (secondary N) is 1. The molecular weight excluding hydrogens is 520 g/mol. The highest BCUT2D eigenvalue weighted by Crippen LogP contribution is 2.70. The van der Waals surface area contributed by atoms with Gasteiger partial charge in [-0.3, -0.25) is 24.5 Å². The lowest BCUT2D eigenvalue weighted by Gasteiger charge is -2.65. The van der Waals surface area contributed by atoms with Crippen LogP contribution in [0, 0.1) is 22.2 Å². The molecule has 7 rings (SSSR count). The second kappa shape index (κ2) is 10.6. The molecule has 1 aromatic rings. The fraction of sp³-hybridized carbons (Fsp3) is 0.697. The fourth-order valence-electron chi connectivity index (χ4n) is 10.0. The summed E-state index contributed by atoms with van der Waals surface area (Å²) in [4.78, 5) is 52.7. The van der Waals surface area contributed by atoms with Gasteiger partial charge in [0.15, 0.2) is 0 Å². The van der Waals surface area contributed by atoms with Gasteiger partial charge in [-0.2, -0.15) is 0 Å². The van der Waals surface area contributed by atoms with Crippen molar-refractivity contribution in [1.82, 2.24) is 10.2 Å². The Morgan fingerprint density at radius 3 is 2.48 bits per heavy atom. The normalized spacial score (nSPS) is 34.4. The average Bonchev–Trinajstić information content (AvgIpc) is 3.18. The number of thioether (sulfide) groups is 1. The number of ketones is 1. The number of Topliss-reactive ketones (excluding diaryl/α,β-unsaturated/α-hetero) is 1. The first-order valence-corrected chi connectivity index (χ1v) is 16.5. The lowest BCUT2D eigenvalue weighted by Crippen LogP contribution is -2.55.